The Labute approximate surface area is 120 Å². The molecule has 4 heteroatoms. The van der Waals surface area contributed by atoms with E-state index in [1.165, 1.54) is 0 Å². The Bertz CT molecular complexity index is 448. The number of benzene rings is 2. The second kappa shape index (κ2) is 7.64. The standard InChI is InChI=1S/C14H14N2.2ClH/c15-13(11-7-3-1-4-8-11)14(16)12-9-5-2-6-10-12;;/h1-10H,15-16H2;2*1H. The number of hydrogen-bond acceptors (Lipinski definition) is 2. The Hall–Kier alpha value is -1.64. The highest BCUT2D eigenvalue weighted by atomic mass is 35.5. The molecule has 18 heavy (non-hydrogen) atoms. The second-order valence-corrected chi connectivity index (χ2v) is 3.56. The molecule has 96 valence electrons. The van der Waals surface area contributed by atoms with Gasteiger partial charge in [0.15, 0.2) is 0 Å². The first-order chi connectivity index (χ1) is 7.79. The van der Waals surface area contributed by atoms with Gasteiger partial charge in [0, 0.05) is 0 Å². The molecule has 2 aromatic carbocycles. The Morgan fingerprint density at radius 1 is 0.556 bits per heavy atom. The summed E-state index contributed by atoms with van der Waals surface area (Å²) in [7, 11) is 0. The van der Waals surface area contributed by atoms with Crippen molar-refractivity contribution in [3.63, 3.8) is 0 Å². The third-order valence-electron chi connectivity index (χ3n) is 2.46. The fourth-order valence-electron chi connectivity index (χ4n) is 1.55. The van der Waals surface area contributed by atoms with E-state index in [0.29, 0.717) is 11.4 Å². The van der Waals surface area contributed by atoms with Crippen molar-refractivity contribution in [2.45, 2.75) is 0 Å². The van der Waals surface area contributed by atoms with Crippen LogP contribution in [0.5, 0.6) is 0 Å². The van der Waals surface area contributed by atoms with Gasteiger partial charge in [0.1, 0.15) is 0 Å². The lowest BCUT2D eigenvalue weighted by Gasteiger charge is -2.07. The molecule has 4 N–H and O–H groups in total. The SMILES string of the molecule is Cl.Cl.NC(=C(N)c1ccccc1)c1ccccc1. The van der Waals surface area contributed by atoms with Gasteiger partial charge in [-0.3, -0.25) is 0 Å². The van der Waals surface area contributed by atoms with E-state index in [-0.39, 0.29) is 24.8 Å². The topological polar surface area (TPSA) is 52.0 Å². The van der Waals surface area contributed by atoms with Crippen LogP contribution in [0.3, 0.4) is 0 Å². The first-order valence-corrected chi connectivity index (χ1v) is 5.15. The molecule has 0 atom stereocenters. The smallest absolute Gasteiger partial charge is 0.0627 e. The highest BCUT2D eigenvalue weighted by molar-refractivity contribution is 5.87. The molecular weight excluding hydrogens is 267 g/mol. The maximum atomic E-state index is 6.03. The van der Waals surface area contributed by atoms with Crippen LogP contribution in [0.25, 0.3) is 11.4 Å². The van der Waals surface area contributed by atoms with Crippen LogP contribution >= 0.6 is 24.8 Å². The monoisotopic (exact) mass is 282 g/mol. The van der Waals surface area contributed by atoms with E-state index >= 15 is 0 Å². The maximum absolute atomic E-state index is 6.03. The maximum Gasteiger partial charge on any atom is 0.0627 e. The van der Waals surface area contributed by atoms with Crippen molar-refractivity contribution in [3.05, 3.63) is 71.8 Å². The molecule has 2 rings (SSSR count). The molecule has 0 saturated carbocycles. The zero-order valence-corrected chi connectivity index (χ0v) is 11.4. The highest BCUT2D eigenvalue weighted by Crippen LogP contribution is 2.17. The molecule has 2 aromatic rings. The summed E-state index contributed by atoms with van der Waals surface area (Å²) in [5.74, 6) is 0. The summed E-state index contributed by atoms with van der Waals surface area (Å²) >= 11 is 0. The van der Waals surface area contributed by atoms with Crippen LogP contribution in [0.2, 0.25) is 0 Å². The molecule has 0 fully saturated rings. The first kappa shape index (κ1) is 16.4. The van der Waals surface area contributed by atoms with Gasteiger partial charge in [0.05, 0.1) is 11.4 Å². The number of rotatable bonds is 2. The van der Waals surface area contributed by atoms with Crippen molar-refractivity contribution in [1.82, 2.24) is 0 Å². The van der Waals surface area contributed by atoms with Gasteiger partial charge < -0.3 is 11.5 Å². The fraction of sp³-hybridized carbons (Fsp3) is 0. The van der Waals surface area contributed by atoms with Gasteiger partial charge in [-0.1, -0.05) is 60.7 Å². The molecule has 0 heterocycles. The summed E-state index contributed by atoms with van der Waals surface area (Å²) in [6, 6.07) is 19.5. The van der Waals surface area contributed by atoms with E-state index in [4.69, 9.17) is 11.5 Å². The average Bonchev–Trinajstić information content (AvgIpc) is 2.39. The zero-order valence-electron chi connectivity index (χ0n) is 9.74. The van der Waals surface area contributed by atoms with Crippen LogP contribution in [0.15, 0.2) is 60.7 Å². The van der Waals surface area contributed by atoms with Gasteiger partial charge in [-0.15, -0.1) is 24.8 Å². The van der Waals surface area contributed by atoms with Gasteiger partial charge >= 0.3 is 0 Å². The van der Waals surface area contributed by atoms with Crippen LogP contribution in [-0.4, -0.2) is 0 Å². The van der Waals surface area contributed by atoms with Crippen LogP contribution in [0.1, 0.15) is 11.1 Å². The summed E-state index contributed by atoms with van der Waals surface area (Å²) in [6.07, 6.45) is 0. The number of hydrogen-bond donors (Lipinski definition) is 2. The van der Waals surface area contributed by atoms with Crippen molar-refractivity contribution < 1.29 is 0 Å². The molecule has 0 aromatic heterocycles. The molecule has 2 nitrogen and oxygen atoms in total. The minimum atomic E-state index is 0. The van der Waals surface area contributed by atoms with E-state index < -0.39 is 0 Å². The van der Waals surface area contributed by atoms with E-state index in [9.17, 15) is 0 Å². The van der Waals surface area contributed by atoms with Gasteiger partial charge in [-0.2, -0.15) is 0 Å². The predicted molar refractivity (Wildman–Crippen MR) is 82.6 cm³/mol. The lowest BCUT2D eigenvalue weighted by Crippen LogP contribution is -2.07. The Balaban J connectivity index is 0.00000144. The molecule has 0 spiro atoms. The Kier molecular flexibility index (Phi) is 6.94. The lowest BCUT2D eigenvalue weighted by molar-refractivity contribution is 1.45. The number of nitrogens with two attached hydrogens (primary N) is 2. The minimum absolute atomic E-state index is 0. The van der Waals surface area contributed by atoms with Gasteiger partial charge in [0.2, 0.25) is 0 Å². The van der Waals surface area contributed by atoms with Crippen molar-refractivity contribution in [2.75, 3.05) is 0 Å². The predicted octanol–water partition coefficient (Wildman–Crippen LogP) is 3.27. The summed E-state index contributed by atoms with van der Waals surface area (Å²) in [5.41, 5.74) is 15.2. The van der Waals surface area contributed by atoms with E-state index in [1.54, 1.807) is 0 Å². The molecule has 0 aliphatic heterocycles. The van der Waals surface area contributed by atoms with Crippen molar-refractivity contribution in [3.8, 4) is 0 Å². The molecule has 0 amide bonds. The van der Waals surface area contributed by atoms with Gasteiger partial charge in [0.25, 0.3) is 0 Å². The third kappa shape index (κ3) is 3.69. The Morgan fingerprint density at radius 2 is 0.833 bits per heavy atom. The van der Waals surface area contributed by atoms with Crippen molar-refractivity contribution in [1.29, 1.82) is 0 Å². The highest BCUT2D eigenvalue weighted by Gasteiger charge is 2.03. The van der Waals surface area contributed by atoms with Gasteiger partial charge in [-0.25, -0.2) is 0 Å². The quantitative estimate of drug-likeness (QED) is 0.831. The van der Waals surface area contributed by atoms with Gasteiger partial charge in [-0.05, 0) is 11.1 Å². The normalized spacial score (nSPS) is 10.7. The Morgan fingerprint density at radius 3 is 1.11 bits per heavy atom. The molecule has 0 radical (unpaired) electrons. The lowest BCUT2D eigenvalue weighted by atomic mass is 10.1. The fourth-order valence-corrected chi connectivity index (χ4v) is 1.55. The molecule has 0 unspecified atom stereocenters. The molecule has 0 aliphatic carbocycles. The molecule has 0 aliphatic rings. The zero-order chi connectivity index (χ0) is 11.4. The summed E-state index contributed by atoms with van der Waals surface area (Å²) in [5, 5.41) is 0. The van der Waals surface area contributed by atoms with E-state index in [2.05, 4.69) is 0 Å². The van der Waals surface area contributed by atoms with Crippen molar-refractivity contribution in [2.24, 2.45) is 11.5 Å². The molecule has 0 saturated heterocycles. The summed E-state index contributed by atoms with van der Waals surface area (Å²) in [4.78, 5) is 0. The largest absolute Gasteiger partial charge is 0.397 e. The van der Waals surface area contributed by atoms with Crippen molar-refractivity contribution >= 4 is 36.2 Å². The third-order valence-corrected chi connectivity index (χ3v) is 2.46. The van der Waals surface area contributed by atoms with Crippen LogP contribution in [-0.2, 0) is 0 Å². The van der Waals surface area contributed by atoms with E-state index in [0.717, 1.165) is 11.1 Å². The summed E-state index contributed by atoms with van der Waals surface area (Å²) in [6.45, 7) is 0. The average molecular weight is 283 g/mol. The molecular formula is C14H16Cl2N2. The number of halogens is 2. The summed E-state index contributed by atoms with van der Waals surface area (Å²) < 4.78 is 0. The molecule has 0 bridgehead atoms. The van der Waals surface area contributed by atoms with Crippen LogP contribution in [0, 0.1) is 0 Å². The van der Waals surface area contributed by atoms with Crippen LogP contribution in [0.4, 0.5) is 0 Å². The minimum Gasteiger partial charge on any atom is -0.397 e. The first-order valence-electron chi connectivity index (χ1n) is 5.15. The second-order valence-electron chi connectivity index (χ2n) is 3.56. The van der Waals surface area contributed by atoms with Crippen LogP contribution < -0.4 is 11.5 Å². The van der Waals surface area contributed by atoms with E-state index in [1.807, 2.05) is 60.7 Å².